The summed E-state index contributed by atoms with van der Waals surface area (Å²) in [7, 11) is 0. The quantitative estimate of drug-likeness (QED) is 0.837. The molecule has 4 heteroatoms. The fraction of sp³-hybridized carbons (Fsp3) is 0.368. The van der Waals surface area contributed by atoms with Crippen LogP contribution in [-0.2, 0) is 6.54 Å². The predicted octanol–water partition coefficient (Wildman–Crippen LogP) is 4.83. The van der Waals surface area contributed by atoms with Gasteiger partial charge in [0.2, 0.25) is 0 Å². The normalized spacial score (nSPS) is 20.6. The molecule has 0 saturated carbocycles. The molecule has 2 aliphatic heterocycles. The van der Waals surface area contributed by atoms with E-state index in [-0.39, 0.29) is 0 Å². The zero-order chi connectivity index (χ0) is 15.8. The second-order valence-corrected chi connectivity index (χ2v) is 7.24. The van der Waals surface area contributed by atoms with Crippen LogP contribution < -0.4 is 10.2 Å². The Labute approximate surface area is 147 Å². The number of hydrogen-bond acceptors (Lipinski definition) is 2. The lowest BCUT2D eigenvalue weighted by atomic mass is 9.84. The summed E-state index contributed by atoms with van der Waals surface area (Å²) >= 11 is 12.7. The highest BCUT2D eigenvalue weighted by Crippen LogP contribution is 2.39. The molecule has 2 aliphatic rings. The van der Waals surface area contributed by atoms with E-state index in [0.717, 1.165) is 36.2 Å². The molecule has 120 valence electrons. The highest BCUT2D eigenvalue weighted by molar-refractivity contribution is 6.35. The first kappa shape index (κ1) is 15.3. The van der Waals surface area contributed by atoms with Crippen molar-refractivity contribution in [2.75, 3.05) is 24.5 Å². The first-order valence-electron chi connectivity index (χ1n) is 8.26. The van der Waals surface area contributed by atoms with Crippen molar-refractivity contribution in [3.63, 3.8) is 0 Å². The summed E-state index contributed by atoms with van der Waals surface area (Å²) in [6.07, 6.45) is 2.57. The first-order valence-corrected chi connectivity index (χ1v) is 9.02. The van der Waals surface area contributed by atoms with Crippen LogP contribution in [0.2, 0.25) is 10.0 Å². The van der Waals surface area contributed by atoms with E-state index >= 15 is 0 Å². The van der Waals surface area contributed by atoms with Crippen molar-refractivity contribution in [3.05, 3.63) is 63.1 Å². The molecule has 23 heavy (non-hydrogen) atoms. The molecule has 0 radical (unpaired) electrons. The maximum absolute atomic E-state index is 6.43. The lowest BCUT2D eigenvalue weighted by molar-refractivity contribution is 0.591. The summed E-state index contributed by atoms with van der Waals surface area (Å²) in [6, 6.07) is 12.7. The first-order chi connectivity index (χ1) is 11.2. The molecule has 0 spiro atoms. The van der Waals surface area contributed by atoms with Crippen LogP contribution in [0.4, 0.5) is 5.69 Å². The van der Waals surface area contributed by atoms with Crippen molar-refractivity contribution >= 4 is 28.9 Å². The molecule has 1 saturated heterocycles. The monoisotopic (exact) mass is 346 g/mol. The lowest BCUT2D eigenvalue weighted by Gasteiger charge is -2.31. The molecule has 2 heterocycles. The van der Waals surface area contributed by atoms with E-state index in [0.29, 0.717) is 5.92 Å². The molecule has 0 bridgehead atoms. The van der Waals surface area contributed by atoms with Crippen molar-refractivity contribution in [3.8, 4) is 0 Å². The number of para-hydroxylation sites is 1. The fourth-order valence-electron chi connectivity index (χ4n) is 3.88. The van der Waals surface area contributed by atoms with Crippen molar-refractivity contribution in [2.45, 2.75) is 25.3 Å². The topological polar surface area (TPSA) is 15.3 Å². The van der Waals surface area contributed by atoms with Gasteiger partial charge in [-0.15, -0.1) is 0 Å². The van der Waals surface area contributed by atoms with Gasteiger partial charge in [-0.2, -0.15) is 0 Å². The van der Waals surface area contributed by atoms with Gasteiger partial charge in [-0.05, 0) is 47.7 Å². The van der Waals surface area contributed by atoms with Gasteiger partial charge in [-0.3, -0.25) is 0 Å². The number of nitrogens with one attached hydrogen (secondary N) is 1. The van der Waals surface area contributed by atoms with Crippen LogP contribution in [0.3, 0.4) is 0 Å². The maximum atomic E-state index is 6.43. The minimum atomic E-state index is 0.298. The standard InChI is InChI=1S/C19H20Cl2N2/c20-13-9-15-16(11-22-12-17(15)18(21)10-13)14-5-1-2-6-19(14)23-7-3-4-8-23/h1-2,5-6,9-10,16,22H,3-4,7-8,11-12H2/t16-/m0/s1. The average molecular weight is 347 g/mol. The summed E-state index contributed by atoms with van der Waals surface area (Å²) in [6.45, 7) is 4.04. The molecule has 2 nitrogen and oxygen atoms in total. The van der Waals surface area contributed by atoms with Crippen LogP contribution >= 0.6 is 23.2 Å². The third-order valence-electron chi connectivity index (χ3n) is 4.98. The van der Waals surface area contributed by atoms with E-state index in [9.17, 15) is 0 Å². The van der Waals surface area contributed by atoms with Crippen molar-refractivity contribution in [2.24, 2.45) is 0 Å². The van der Waals surface area contributed by atoms with Gasteiger partial charge < -0.3 is 10.2 Å². The number of halogens is 2. The molecule has 1 N–H and O–H groups in total. The highest BCUT2D eigenvalue weighted by atomic mass is 35.5. The van der Waals surface area contributed by atoms with E-state index in [1.807, 2.05) is 6.07 Å². The van der Waals surface area contributed by atoms with Crippen LogP contribution in [0.1, 0.15) is 35.4 Å². The largest absolute Gasteiger partial charge is 0.371 e. The number of hydrogen-bond donors (Lipinski definition) is 1. The van der Waals surface area contributed by atoms with E-state index in [2.05, 4.69) is 40.5 Å². The van der Waals surface area contributed by atoms with Gasteiger partial charge in [0.25, 0.3) is 0 Å². The summed E-state index contributed by atoms with van der Waals surface area (Å²) in [5, 5.41) is 5.01. The van der Waals surface area contributed by atoms with Gasteiger partial charge >= 0.3 is 0 Å². The molecule has 1 atom stereocenters. The summed E-state index contributed by atoms with van der Waals surface area (Å²) < 4.78 is 0. The van der Waals surface area contributed by atoms with Crippen LogP contribution in [0, 0.1) is 0 Å². The van der Waals surface area contributed by atoms with Gasteiger partial charge in [0.05, 0.1) is 0 Å². The summed E-state index contributed by atoms with van der Waals surface area (Å²) in [5.74, 6) is 0.298. The van der Waals surface area contributed by atoms with Gasteiger partial charge in [-0.25, -0.2) is 0 Å². The van der Waals surface area contributed by atoms with Crippen molar-refractivity contribution in [1.29, 1.82) is 0 Å². The van der Waals surface area contributed by atoms with E-state index in [1.54, 1.807) is 0 Å². The Hall–Kier alpha value is -1.22. The molecule has 0 aliphatic carbocycles. The van der Waals surface area contributed by atoms with E-state index in [4.69, 9.17) is 23.2 Å². The van der Waals surface area contributed by atoms with Gasteiger partial charge in [0.15, 0.2) is 0 Å². The Morgan fingerprint density at radius 2 is 1.78 bits per heavy atom. The summed E-state index contributed by atoms with van der Waals surface area (Å²) in [4.78, 5) is 2.51. The maximum Gasteiger partial charge on any atom is 0.0468 e. The average Bonchev–Trinajstić information content (AvgIpc) is 3.09. The van der Waals surface area contributed by atoms with Crippen molar-refractivity contribution in [1.82, 2.24) is 5.32 Å². The van der Waals surface area contributed by atoms with Crippen LogP contribution in [-0.4, -0.2) is 19.6 Å². The Morgan fingerprint density at radius 1 is 1.00 bits per heavy atom. The summed E-state index contributed by atoms with van der Waals surface area (Å²) in [5.41, 5.74) is 5.19. The molecule has 0 aromatic heterocycles. The minimum absolute atomic E-state index is 0.298. The van der Waals surface area contributed by atoms with Crippen LogP contribution in [0.15, 0.2) is 36.4 Å². The molecule has 0 amide bonds. The third kappa shape index (κ3) is 2.84. The second-order valence-electron chi connectivity index (χ2n) is 6.39. The zero-order valence-electron chi connectivity index (χ0n) is 13.0. The number of nitrogens with zero attached hydrogens (tertiary/aromatic N) is 1. The Kier molecular flexibility index (Phi) is 4.23. The van der Waals surface area contributed by atoms with Crippen LogP contribution in [0.25, 0.3) is 0 Å². The predicted molar refractivity (Wildman–Crippen MR) is 97.9 cm³/mol. The molecular formula is C19H20Cl2N2. The molecule has 2 aromatic carbocycles. The van der Waals surface area contributed by atoms with Gasteiger partial charge in [0, 0.05) is 47.8 Å². The smallest absolute Gasteiger partial charge is 0.0468 e. The van der Waals surface area contributed by atoms with E-state index in [1.165, 1.54) is 35.2 Å². The van der Waals surface area contributed by atoms with Gasteiger partial charge in [-0.1, -0.05) is 41.4 Å². The molecule has 0 unspecified atom stereocenters. The molecule has 1 fully saturated rings. The highest BCUT2D eigenvalue weighted by Gasteiger charge is 2.27. The molecular weight excluding hydrogens is 327 g/mol. The minimum Gasteiger partial charge on any atom is -0.371 e. The third-order valence-corrected chi connectivity index (χ3v) is 5.53. The Bertz CT molecular complexity index is 723. The fourth-order valence-corrected chi connectivity index (χ4v) is 4.45. The Balaban J connectivity index is 1.81. The Morgan fingerprint density at radius 3 is 2.61 bits per heavy atom. The number of fused-ring (bicyclic) bond motifs is 1. The zero-order valence-corrected chi connectivity index (χ0v) is 14.5. The second kappa shape index (κ2) is 6.35. The molecule has 2 aromatic rings. The van der Waals surface area contributed by atoms with E-state index < -0.39 is 0 Å². The SMILES string of the molecule is Clc1cc(Cl)c2c(c1)[C@H](c1ccccc1N1CCCC1)CNC2. The number of rotatable bonds is 2. The molecule has 4 rings (SSSR count). The van der Waals surface area contributed by atoms with Crippen LogP contribution in [0.5, 0.6) is 0 Å². The number of benzene rings is 2. The lowest BCUT2D eigenvalue weighted by Crippen LogP contribution is -2.30. The number of anilines is 1. The van der Waals surface area contributed by atoms with Gasteiger partial charge in [0.1, 0.15) is 0 Å². The van der Waals surface area contributed by atoms with Crippen molar-refractivity contribution < 1.29 is 0 Å².